The smallest absolute Gasteiger partial charge is 0.0831 e. The molecular formula is C5H9IN2. The molecule has 0 bridgehead atoms. The first-order chi connectivity index (χ1) is 3.85. The van der Waals surface area contributed by atoms with E-state index in [2.05, 4.69) is 8.52 Å². The van der Waals surface area contributed by atoms with Gasteiger partial charge in [-0.15, -0.1) is 0 Å². The molecule has 0 saturated heterocycles. The Bertz CT molecular complexity index is 104. The van der Waals surface area contributed by atoms with Crippen molar-refractivity contribution in [2.45, 2.75) is 6.92 Å². The van der Waals surface area contributed by atoms with Crippen LogP contribution in [0, 0.1) is 0 Å². The molecule has 0 aliphatic heterocycles. The van der Waals surface area contributed by atoms with Crippen LogP contribution in [-0.4, -0.2) is 13.3 Å². The highest BCUT2D eigenvalue weighted by Gasteiger charge is 1.79. The van der Waals surface area contributed by atoms with E-state index >= 15 is 0 Å². The average molecular weight is 224 g/mol. The fourth-order valence-corrected chi connectivity index (χ4v) is 0.636. The quantitative estimate of drug-likeness (QED) is 0.558. The van der Waals surface area contributed by atoms with E-state index in [0.717, 1.165) is 5.70 Å². The van der Waals surface area contributed by atoms with Gasteiger partial charge in [-0.3, -0.25) is 0 Å². The predicted octanol–water partition coefficient (Wildman–Crippen LogP) is 1.53. The molecule has 0 aromatic rings. The van der Waals surface area contributed by atoms with Crippen LogP contribution in [0.5, 0.6) is 0 Å². The Morgan fingerprint density at radius 1 is 1.75 bits per heavy atom. The van der Waals surface area contributed by atoms with Gasteiger partial charge in [0.25, 0.3) is 0 Å². The molecule has 0 atom stereocenters. The highest BCUT2D eigenvalue weighted by Crippen LogP contribution is 1.85. The summed E-state index contributed by atoms with van der Waals surface area (Å²) in [6.07, 6.45) is 3.72. The monoisotopic (exact) mass is 224 g/mol. The number of hydrogen-bond donors (Lipinski definition) is 1. The zero-order chi connectivity index (χ0) is 6.41. The highest BCUT2D eigenvalue weighted by atomic mass is 127. The highest BCUT2D eigenvalue weighted by molar-refractivity contribution is 14.1. The summed E-state index contributed by atoms with van der Waals surface area (Å²) in [5.74, 6) is 0. The van der Waals surface area contributed by atoms with Crippen LogP contribution in [0.3, 0.4) is 0 Å². The van der Waals surface area contributed by atoms with Crippen molar-refractivity contribution in [3.63, 3.8) is 0 Å². The van der Waals surface area contributed by atoms with Crippen LogP contribution in [0.4, 0.5) is 0 Å². The number of halogens is 1. The molecule has 0 heterocycles. The molecular weight excluding hydrogens is 215 g/mol. The molecule has 0 rings (SSSR count). The molecule has 1 N–H and O–H groups in total. The van der Waals surface area contributed by atoms with Crippen molar-refractivity contribution >= 4 is 29.1 Å². The van der Waals surface area contributed by atoms with Crippen molar-refractivity contribution in [3.05, 3.63) is 11.8 Å². The summed E-state index contributed by atoms with van der Waals surface area (Å²) in [5, 5.41) is 2.96. The first-order valence-corrected chi connectivity index (χ1v) is 3.30. The number of rotatable bonds is 2. The summed E-state index contributed by atoms with van der Waals surface area (Å²) in [7, 11) is 1.87. The summed E-state index contributed by atoms with van der Waals surface area (Å²) in [6.45, 7) is 1.96. The van der Waals surface area contributed by atoms with E-state index in [1.165, 1.54) is 0 Å². The van der Waals surface area contributed by atoms with Crippen molar-refractivity contribution in [3.8, 4) is 0 Å². The second kappa shape index (κ2) is 5.08. The number of nitrogens with zero attached hydrogens (tertiary/aromatic N) is 1. The van der Waals surface area contributed by atoms with E-state index in [1.807, 2.05) is 42.9 Å². The van der Waals surface area contributed by atoms with Crippen molar-refractivity contribution in [2.75, 3.05) is 7.05 Å². The number of hydrogen-bond acceptors (Lipinski definition) is 2. The summed E-state index contributed by atoms with van der Waals surface area (Å²) in [6, 6.07) is 0. The van der Waals surface area contributed by atoms with Gasteiger partial charge < -0.3 is 5.32 Å². The van der Waals surface area contributed by atoms with Crippen LogP contribution in [0.25, 0.3) is 0 Å². The van der Waals surface area contributed by atoms with Crippen LogP contribution in [-0.2, 0) is 0 Å². The van der Waals surface area contributed by atoms with Crippen molar-refractivity contribution < 1.29 is 0 Å². The molecule has 3 heteroatoms. The average Bonchev–Trinajstić information content (AvgIpc) is 1.83. The van der Waals surface area contributed by atoms with Gasteiger partial charge in [-0.2, -0.15) is 0 Å². The van der Waals surface area contributed by atoms with Gasteiger partial charge in [0, 0.05) is 12.7 Å². The number of nitrogens with one attached hydrogen (secondary N) is 1. The summed E-state index contributed by atoms with van der Waals surface area (Å²) in [4.78, 5) is 0. The molecule has 0 aromatic carbocycles. The SMILES string of the molecule is C/C=C(\C=N/I)NC. The van der Waals surface area contributed by atoms with E-state index in [-0.39, 0.29) is 0 Å². The van der Waals surface area contributed by atoms with Crippen LogP contribution in [0.1, 0.15) is 6.92 Å². The van der Waals surface area contributed by atoms with Gasteiger partial charge in [0.15, 0.2) is 0 Å². The van der Waals surface area contributed by atoms with Crippen molar-refractivity contribution in [1.29, 1.82) is 0 Å². The third kappa shape index (κ3) is 3.01. The van der Waals surface area contributed by atoms with Crippen LogP contribution in [0.2, 0.25) is 0 Å². The largest absolute Gasteiger partial charge is 0.387 e. The lowest BCUT2D eigenvalue weighted by Gasteiger charge is -1.93. The molecule has 0 amide bonds. The molecule has 0 fully saturated rings. The van der Waals surface area contributed by atoms with Gasteiger partial charge in [0.05, 0.1) is 29.1 Å². The second-order valence-corrected chi connectivity index (χ2v) is 1.78. The van der Waals surface area contributed by atoms with Crippen LogP contribution >= 0.6 is 22.9 Å². The Labute approximate surface area is 63.6 Å². The maximum atomic E-state index is 3.79. The van der Waals surface area contributed by atoms with Gasteiger partial charge in [0.1, 0.15) is 0 Å². The molecule has 0 saturated carbocycles. The first kappa shape index (κ1) is 7.94. The summed E-state index contributed by atoms with van der Waals surface area (Å²) in [5.41, 5.74) is 1.04. The fraction of sp³-hybridized carbons (Fsp3) is 0.400. The molecule has 0 unspecified atom stereocenters. The lowest BCUT2D eigenvalue weighted by atomic mass is 10.4. The van der Waals surface area contributed by atoms with Crippen molar-refractivity contribution in [2.24, 2.45) is 3.21 Å². The molecule has 46 valence electrons. The van der Waals surface area contributed by atoms with Gasteiger partial charge >= 0.3 is 0 Å². The second-order valence-electron chi connectivity index (χ2n) is 1.22. The normalized spacial score (nSPS) is 12.6. The standard InChI is InChI=1S/C5H9IN2/c1-3-5(7-2)4-8-6/h3-4,7H,1-2H3/b5-3+,8-4-. The van der Waals surface area contributed by atoms with E-state index in [9.17, 15) is 0 Å². The minimum Gasteiger partial charge on any atom is -0.387 e. The van der Waals surface area contributed by atoms with Gasteiger partial charge in [-0.1, -0.05) is 6.08 Å². The maximum Gasteiger partial charge on any atom is 0.0831 e. The van der Waals surface area contributed by atoms with Crippen LogP contribution < -0.4 is 5.32 Å². The van der Waals surface area contributed by atoms with Crippen LogP contribution in [0.15, 0.2) is 15.0 Å². The number of allylic oxidation sites excluding steroid dienone is 2. The summed E-state index contributed by atoms with van der Waals surface area (Å²) < 4.78 is 3.79. The molecule has 8 heavy (non-hydrogen) atoms. The lowest BCUT2D eigenvalue weighted by Crippen LogP contribution is -2.05. The third-order valence-electron chi connectivity index (χ3n) is 0.788. The first-order valence-electron chi connectivity index (χ1n) is 2.33. The fourth-order valence-electron chi connectivity index (χ4n) is 0.336. The minimum atomic E-state index is 1.04. The molecule has 0 aliphatic carbocycles. The molecule has 0 spiro atoms. The molecule has 0 aliphatic rings. The minimum absolute atomic E-state index is 1.04. The molecule has 0 radical (unpaired) electrons. The van der Waals surface area contributed by atoms with E-state index < -0.39 is 0 Å². The molecule has 2 nitrogen and oxygen atoms in total. The van der Waals surface area contributed by atoms with Crippen molar-refractivity contribution in [1.82, 2.24) is 5.32 Å². The third-order valence-corrected chi connectivity index (χ3v) is 1.07. The Balaban J connectivity index is 3.72. The Morgan fingerprint density at radius 2 is 2.38 bits per heavy atom. The Hall–Kier alpha value is -0.0600. The van der Waals surface area contributed by atoms with Gasteiger partial charge in [-0.25, -0.2) is 3.21 Å². The zero-order valence-electron chi connectivity index (χ0n) is 4.98. The van der Waals surface area contributed by atoms with E-state index in [1.54, 1.807) is 6.21 Å². The Morgan fingerprint density at radius 3 is 2.50 bits per heavy atom. The van der Waals surface area contributed by atoms with Gasteiger partial charge in [0.2, 0.25) is 0 Å². The van der Waals surface area contributed by atoms with E-state index in [4.69, 9.17) is 0 Å². The maximum absolute atomic E-state index is 3.79. The predicted molar refractivity (Wildman–Crippen MR) is 45.3 cm³/mol. The summed E-state index contributed by atoms with van der Waals surface area (Å²) >= 11 is 1.94. The Kier molecular flexibility index (Phi) is 5.05. The van der Waals surface area contributed by atoms with Gasteiger partial charge in [-0.05, 0) is 6.92 Å². The topological polar surface area (TPSA) is 24.4 Å². The molecule has 0 aromatic heterocycles. The lowest BCUT2D eigenvalue weighted by molar-refractivity contribution is 1.06. The van der Waals surface area contributed by atoms with E-state index in [0.29, 0.717) is 0 Å². The zero-order valence-corrected chi connectivity index (χ0v) is 7.14.